The average molecular weight is 259 g/mol. The number of rotatable bonds is 2. The molecule has 0 aliphatic carbocycles. The smallest absolute Gasteiger partial charge is 0.270 e. The average Bonchev–Trinajstić information content (AvgIpc) is 2.99. The summed E-state index contributed by atoms with van der Waals surface area (Å²) in [7, 11) is 3.62. The SMILES string of the molecule is Cc1nn(C)cc1-c1nnc(-c2nn(C)cc2N)o1. The molecule has 8 nitrogen and oxygen atoms in total. The van der Waals surface area contributed by atoms with Crippen LogP contribution in [0.15, 0.2) is 16.8 Å². The number of nitrogen functional groups attached to an aromatic ring is 1. The second kappa shape index (κ2) is 3.94. The normalized spacial score (nSPS) is 11.1. The molecule has 0 amide bonds. The van der Waals surface area contributed by atoms with Gasteiger partial charge in [-0.15, -0.1) is 10.2 Å². The Morgan fingerprint density at radius 1 is 1.05 bits per heavy atom. The standard InChI is InChI=1S/C11H13N7O/c1-6-7(4-17(2)15-6)10-13-14-11(19-10)9-8(12)5-18(3)16-9/h4-5H,12H2,1-3H3. The van der Waals surface area contributed by atoms with Crippen LogP contribution >= 0.6 is 0 Å². The number of aromatic nitrogens is 6. The van der Waals surface area contributed by atoms with Crippen LogP contribution in [0.1, 0.15) is 5.69 Å². The van der Waals surface area contributed by atoms with Crippen LogP contribution in [0.3, 0.4) is 0 Å². The van der Waals surface area contributed by atoms with Crippen molar-refractivity contribution in [2.75, 3.05) is 5.73 Å². The van der Waals surface area contributed by atoms with Gasteiger partial charge in [0, 0.05) is 26.5 Å². The molecule has 0 aliphatic rings. The van der Waals surface area contributed by atoms with Gasteiger partial charge in [-0.05, 0) is 6.92 Å². The fourth-order valence-electron chi connectivity index (χ4n) is 1.91. The summed E-state index contributed by atoms with van der Waals surface area (Å²) in [5.41, 5.74) is 8.44. The van der Waals surface area contributed by atoms with Crippen molar-refractivity contribution in [3.05, 3.63) is 18.1 Å². The highest BCUT2D eigenvalue weighted by Gasteiger charge is 2.18. The molecule has 0 saturated heterocycles. The van der Waals surface area contributed by atoms with Gasteiger partial charge in [0.05, 0.1) is 16.9 Å². The van der Waals surface area contributed by atoms with E-state index in [-0.39, 0.29) is 0 Å². The summed E-state index contributed by atoms with van der Waals surface area (Å²) in [6.07, 6.45) is 3.52. The highest BCUT2D eigenvalue weighted by atomic mass is 16.4. The molecule has 2 N–H and O–H groups in total. The van der Waals surface area contributed by atoms with Gasteiger partial charge in [-0.3, -0.25) is 9.36 Å². The van der Waals surface area contributed by atoms with Gasteiger partial charge in [0.15, 0.2) is 5.69 Å². The van der Waals surface area contributed by atoms with Gasteiger partial charge in [0.25, 0.3) is 11.8 Å². The predicted octanol–water partition coefficient (Wildman–Crippen LogP) is 0.761. The minimum atomic E-state index is 0.302. The lowest BCUT2D eigenvalue weighted by atomic mass is 10.3. The second-order valence-electron chi connectivity index (χ2n) is 4.32. The molecule has 0 bridgehead atoms. The first-order valence-electron chi connectivity index (χ1n) is 5.68. The van der Waals surface area contributed by atoms with Crippen LogP contribution in [0.25, 0.3) is 23.0 Å². The molecule has 0 spiro atoms. The number of hydrogen-bond donors (Lipinski definition) is 1. The number of hydrogen-bond acceptors (Lipinski definition) is 6. The van der Waals surface area contributed by atoms with Gasteiger partial charge in [0.2, 0.25) is 0 Å². The van der Waals surface area contributed by atoms with Crippen LogP contribution in [-0.4, -0.2) is 29.8 Å². The molecule has 0 radical (unpaired) electrons. The third-order valence-corrected chi connectivity index (χ3v) is 2.73. The first kappa shape index (κ1) is 11.5. The largest absolute Gasteiger partial charge is 0.414 e. The molecule has 3 rings (SSSR count). The predicted molar refractivity (Wildman–Crippen MR) is 67.9 cm³/mol. The van der Waals surface area contributed by atoms with Crippen LogP contribution < -0.4 is 5.73 Å². The zero-order chi connectivity index (χ0) is 13.6. The van der Waals surface area contributed by atoms with E-state index < -0.39 is 0 Å². The Kier molecular flexibility index (Phi) is 2.37. The summed E-state index contributed by atoms with van der Waals surface area (Å²) in [5.74, 6) is 0.710. The molecule has 98 valence electrons. The quantitative estimate of drug-likeness (QED) is 0.729. The maximum absolute atomic E-state index is 5.83. The van der Waals surface area contributed by atoms with Crippen molar-refractivity contribution in [3.8, 4) is 23.0 Å². The van der Waals surface area contributed by atoms with Gasteiger partial charge in [-0.2, -0.15) is 10.2 Å². The van der Waals surface area contributed by atoms with Crippen LogP contribution in [0.5, 0.6) is 0 Å². The minimum Gasteiger partial charge on any atom is -0.414 e. The molecule has 0 aromatic carbocycles. The molecule has 19 heavy (non-hydrogen) atoms. The van der Waals surface area contributed by atoms with E-state index in [1.54, 1.807) is 22.6 Å². The van der Waals surface area contributed by atoms with Crippen LogP contribution in [0.4, 0.5) is 5.69 Å². The third kappa shape index (κ3) is 1.86. The van der Waals surface area contributed by atoms with Crippen molar-refractivity contribution in [1.82, 2.24) is 29.8 Å². The Labute approximate surface area is 108 Å². The number of nitrogens with zero attached hydrogens (tertiary/aromatic N) is 6. The zero-order valence-electron chi connectivity index (χ0n) is 10.8. The maximum atomic E-state index is 5.83. The Balaban J connectivity index is 2.04. The van der Waals surface area contributed by atoms with E-state index in [9.17, 15) is 0 Å². The zero-order valence-corrected chi connectivity index (χ0v) is 10.8. The highest BCUT2D eigenvalue weighted by Crippen LogP contribution is 2.27. The summed E-state index contributed by atoms with van der Waals surface area (Å²) in [6.45, 7) is 1.88. The van der Waals surface area contributed by atoms with Crippen LogP contribution in [-0.2, 0) is 14.1 Å². The summed E-state index contributed by atoms with van der Waals surface area (Å²) in [6, 6.07) is 0. The summed E-state index contributed by atoms with van der Waals surface area (Å²) in [5, 5.41) is 16.4. The topological polar surface area (TPSA) is 101 Å². The Hall–Kier alpha value is -2.64. The molecule has 3 heterocycles. The number of anilines is 1. The van der Waals surface area contributed by atoms with Crippen molar-refractivity contribution < 1.29 is 4.42 Å². The first-order chi connectivity index (χ1) is 9.04. The van der Waals surface area contributed by atoms with Gasteiger partial charge in [-0.25, -0.2) is 0 Å². The van der Waals surface area contributed by atoms with Gasteiger partial charge in [0.1, 0.15) is 0 Å². The third-order valence-electron chi connectivity index (χ3n) is 2.73. The van der Waals surface area contributed by atoms with Crippen molar-refractivity contribution in [1.29, 1.82) is 0 Å². The monoisotopic (exact) mass is 259 g/mol. The summed E-state index contributed by atoms with van der Waals surface area (Å²) in [4.78, 5) is 0. The van der Waals surface area contributed by atoms with E-state index in [2.05, 4.69) is 20.4 Å². The Bertz CT molecular complexity index is 675. The minimum absolute atomic E-state index is 0.302. The van der Waals surface area contributed by atoms with Gasteiger partial charge in [-0.1, -0.05) is 0 Å². The van der Waals surface area contributed by atoms with Crippen molar-refractivity contribution in [2.24, 2.45) is 14.1 Å². The lowest BCUT2D eigenvalue weighted by Crippen LogP contribution is -1.88. The van der Waals surface area contributed by atoms with E-state index >= 15 is 0 Å². The van der Waals surface area contributed by atoms with Crippen LogP contribution in [0, 0.1) is 6.92 Å². The van der Waals surface area contributed by atoms with Crippen molar-refractivity contribution in [2.45, 2.75) is 6.92 Å². The summed E-state index contributed by atoms with van der Waals surface area (Å²) < 4.78 is 8.91. The molecule has 0 aliphatic heterocycles. The number of aryl methyl sites for hydroxylation is 3. The first-order valence-corrected chi connectivity index (χ1v) is 5.68. The van der Waals surface area contributed by atoms with Crippen molar-refractivity contribution >= 4 is 5.69 Å². The second-order valence-corrected chi connectivity index (χ2v) is 4.32. The highest BCUT2D eigenvalue weighted by molar-refractivity contribution is 5.66. The van der Waals surface area contributed by atoms with E-state index in [1.165, 1.54) is 0 Å². The van der Waals surface area contributed by atoms with E-state index in [0.29, 0.717) is 23.2 Å². The molecule has 0 atom stereocenters. The molecular formula is C11H13N7O. The van der Waals surface area contributed by atoms with E-state index in [1.807, 2.05) is 20.2 Å². The summed E-state index contributed by atoms with van der Waals surface area (Å²) >= 11 is 0. The van der Waals surface area contributed by atoms with Gasteiger partial charge >= 0.3 is 0 Å². The van der Waals surface area contributed by atoms with E-state index in [0.717, 1.165) is 11.3 Å². The fourth-order valence-corrected chi connectivity index (χ4v) is 1.91. The van der Waals surface area contributed by atoms with Crippen LogP contribution in [0.2, 0.25) is 0 Å². The molecule has 0 fully saturated rings. The lowest BCUT2D eigenvalue weighted by molar-refractivity contribution is 0.579. The molecule has 3 aromatic rings. The molecular weight excluding hydrogens is 246 g/mol. The van der Waals surface area contributed by atoms with E-state index in [4.69, 9.17) is 10.2 Å². The Morgan fingerprint density at radius 3 is 2.32 bits per heavy atom. The Morgan fingerprint density at radius 2 is 1.74 bits per heavy atom. The van der Waals surface area contributed by atoms with Gasteiger partial charge < -0.3 is 10.2 Å². The molecule has 0 unspecified atom stereocenters. The number of nitrogens with two attached hydrogens (primary N) is 1. The van der Waals surface area contributed by atoms with Crippen molar-refractivity contribution in [3.63, 3.8) is 0 Å². The molecule has 0 saturated carbocycles. The maximum Gasteiger partial charge on any atom is 0.270 e. The fraction of sp³-hybridized carbons (Fsp3) is 0.273. The molecule has 8 heteroatoms. The lowest BCUT2D eigenvalue weighted by Gasteiger charge is -1.90. The molecule has 3 aromatic heterocycles.